The zero-order valence-electron chi connectivity index (χ0n) is 12.8. The SMILES string of the molecule is Cc1c(C(=O)N2CCCC2C(C)C)cnn1CCCN. The fourth-order valence-corrected chi connectivity index (χ4v) is 3.02. The predicted molar refractivity (Wildman–Crippen MR) is 79.5 cm³/mol. The van der Waals surface area contributed by atoms with Crippen LogP contribution in [-0.2, 0) is 6.54 Å². The lowest BCUT2D eigenvalue weighted by Crippen LogP contribution is -2.38. The van der Waals surface area contributed by atoms with Gasteiger partial charge in [0.25, 0.3) is 5.91 Å². The third kappa shape index (κ3) is 2.87. The lowest BCUT2D eigenvalue weighted by atomic mass is 10.0. The first-order valence-electron chi connectivity index (χ1n) is 7.59. The molecule has 1 unspecified atom stereocenters. The Morgan fingerprint density at radius 3 is 2.95 bits per heavy atom. The molecule has 112 valence electrons. The monoisotopic (exact) mass is 278 g/mol. The first kappa shape index (κ1) is 15.0. The molecule has 0 radical (unpaired) electrons. The normalized spacial score (nSPS) is 19.1. The van der Waals surface area contributed by atoms with Gasteiger partial charge < -0.3 is 10.6 Å². The number of hydrogen-bond donors (Lipinski definition) is 1. The molecule has 5 nitrogen and oxygen atoms in total. The van der Waals surface area contributed by atoms with Crippen LogP contribution in [0.5, 0.6) is 0 Å². The van der Waals surface area contributed by atoms with Gasteiger partial charge in [-0.3, -0.25) is 9.48 Å². The maximum absolute atomic E-state index is 12.7. The van der Waals surface area contributed by atoms with E-state index in [0.717, 1.165) is 43.6 Å². The van der Waals surface area contributed by atoms with Crippen molar-refractivity contribution < 1.29 is 4.79 Å². The molecule has 0 aliphatic carbocycles. The average Bonchev–Trinajstić information content (AvgIpc) is 3.02. The van der Waals surface area contributed by atoms with Gasteiger partial charge in [-0.2, -0.15) is 5.10 Å². The molecule has 0 aromatic carbocycles. The van der Waals surface area contributed by atoms with Gasteiger partial charge in [0.05, 0.1) is 11.8 Å². The van der Waals surface area contributed by atoms with Crippen LogP contribution in [0.2, 0.25) is 0 Å². The fourth-order valence-electron chi connectivity index (χ4n) is 3.02. The molecule has 1 fully saturated rings. The molecule has 0 spiro atoms. The van der Waals surface area contributed by atoms with Crippen LogP contribution >= 0.6 is 0 Å². The number of hydrogen-bond acceptors (Lipinski definition) is 3. The third-order valence-corrected chi connectivity index (χ3v) is 4.24. The van der Waals surface area contributed by atoms with E-state index in [-0.39, 0.29) is 5.91 Å². The van der Waals surface area contributed by atoms with Gasteiger partial charge in [0, 0.05) is 24.8 Å². The van der Waals surface area contributed by atoms with Crippen molar-refractivity contribution in [2.24, 2.45) is 11.7 Å². The number of nitrogens with two attached hydrogens (primary N) is 1. The van der Waals surface area contributed by atoms with Gasteiger partial charge in [0.1, 0.15) is 0 Å². The van der Waals surface area contributed by atoms with E-state index in [4.69, 9.17) is 5.73 Å². The molecule has 1 atom stereocenters. The molecule has 1 amide bonds. The van der Waals surface area contributed by atoms with Gasteiger partial charge in [-0.1, -0.05) is 13.8 Å². The number of aromatic nitrogens is 2. The number of carbonyl (C=O) groups excluding carboxylic acids is 1. The number of aryl methyl sites for hydroxylation is 1. The molecule has 1 aromatic heterocycles. The average molecular weight is 278 g/mol. The van der Waals surface area contributed by atoms with E-state index >= 15 is 0 Å². The van der Waals surface area contributed by atoms with Crippen LogP contribution in [0.1, 0.15) is 49.2 Å². The van der Waals surface area contributed by atoms with Crippen molar-refractivity contribution in [1.82, 2.24) is 14.7 Å². The molecule has 20 heavy (non-hydrogen) atoms. The van der Waals surface area contributed by atoms with Crippen LogP contribution < -0.4 is 5.73 Å². The Labute approximate surface area is 121 Å². The summed E-state index contributed by atoms with van der Waals surface area (Å²) in [6.07, 6.45) is 4.82. The summed E-state index contributed by atoms with van der Waals surface area (Å²) in [5.41, 5.74) is 7.23. The Morgan fingerprint density at radius 1 is 1.55 bits per heavy atom. The Balaban J connectivity index is 2.15. The van der Waals surface area contributed by atoms with Gasteiger partial charge in [-0.15, -0.1) is 0 Å². The summed E-state index contributed by atoms with van der Waals surface area (Å²) in [4.78, 5) is 14.7. The summed E-state index contributed by atoms with van der Waals surface area (Å²) >= 11 is 0. The first-order valence-corrected chi connectivity index (χ1v) is 7.59. The predicted octanol–water partition coefficient (Wildman–Crippen LogP) is 1.80. The summed E-state index contributed by atoms with van der Waals surface area (Å²) in [6.45, 7) is 8.64. The van der Waals surface area contributed by atoms with E-state index in [2.05, 4.69) is 18.9 Å². The largest absolute Gasteiger partial charge is 0.335 e. The number of rotatable bonds is 5. The van der Waals surface area contributed by atoms with Crippen LogP contribution in [0.4, 0.5) is 0 Å². The van der Waals surface area contributed by atoms with Crippen molar-refractivity contribution in [3.05, 3.63) is 17.5 Å². The highest BCUT2D eigenvalue weighted by molar-refractivity contribution is 5.95. The van der Waals surface area contributed by atoms with Crippen molar-refractivity contribution in [3.63, 3.8) is 0 Å². The van der Waals surface area contributed by atoms with Crippen LogP contribution in [0.15, 0.2) is 6.20 Å². The standard InChI is InChI=1S/C15H26N4O/c1-11(2)14-6-4-8-18(14)15(20)13-10-17-19(12(13)3)9-5-7-16/h10-11,14H,4-9,16H2,1-3H3. The highest BCUT2D eigenvalue weighted by Gasteiger charge is 2.32. The maximum Gasteiger partial charge on any atom is 0.257 e. The van der Waals surface area contributed by atoms with Crippen LogP contribution in [0.3, 0.4) is 0 Å². The molecule has 0 saturated carbocycles. The van der Waals surface area contributed by atoms with Crippen LogP contribution in [0, 0.1) is 12.8 Å². The molecule has 0 bridgehead atoms. The van der Waals surface area contributed by atoms with Gasteiger partial charge in [-0.05, 0) is 38.6 Å². The fraction of sp³-hybridized carbons (Fsp3) is 0.733. The van der Waals surface area contributed by atoms with E-state index in [1.807, 2.05) is 16.5 Å². The second-order valence-electron chi connectivity index (χ2n) is 5.96. The summed E-state index contributed by atoms with van der Waals surface area (Å²) in [5, 5.41) is 4.33. The summed E-state index contributed by atoms with van der Waals surface area (Å²) in [5.74, 6) is 0.645. The Morgan fingerprint density at radius 2 is 2.30 bits per heavy atom. The molecular formula is C15H26N4O. The lowest BCUT2D eigenvalue weighted by Gasteiger charge is -2.27. The molecule has 2 N–H and O–H groups in total. The second-order valence-corrected chi connectivity index (χ2v) is 5.96. The van der Waals surface area contributed by atoms with Crippen molar-refractivity contribution in [3.8, 4) is 0 Å². The van der Waals surface area contributed by atoms with Gasteiger partial charge in [0.2, 0.25) is 0 Å². The first-order chi connectivity index (χ1) is 9.56. The number of likely N-dealkylation sites (tertiary alicyclic amines) is 1. The van der Waals surface area contributed by atoms with E-state index in [1.54, 1.807) is 6.20 Å². The van der Waals surface area contributed by atoms with Crippen LogP contribution in [-0.4, -0.2) is 39.7 Å². The topological polar surface area (TPSA) is 64.2 Å². The van der Waals surface area contributed by atoms with Crippen molar-refractivity contribution in [1.29, 1.82) is 0 Å². The zero-order chi connectivity index (χ0) is 14.7. The Bertz CT molecular complexity index is 466. The van der Waals surface area contributed by atoms with Gasteiger partial charge >= 0.3 is 0 Å². The number of nitrogens with zero attached hydrogens (tertiary/aromatic N) is 3. The third-order valence-electron chi connectivity index (χ3n) is 4.24. The van der Waals surface area contributed by atoms with Crippen molar-refractivity contribution >= 4 is 5.91 Å². The summed E-state index contributed by atoms with van der Waals surface area (Å²) in [6, 6.07) is 0.370. The van der Waals surface area contributed by atoms with E-state index in [0.29, 0.717) is 18.5 Å². The quantitative estimate of drug-likeness (QED) is 0.893. The maximum atomic E-state index is 12.7. The second kappa shape index (κ2) is 6.39. The van der Waals surface area contributed by atoms with Gasteiger partial charge in [-0.25, -0.2) is 0 Å². The zero-order valence-corrected chi connectivity index (χ0v) is 12.8. The van der Waals surface area contributed by atoms with E-state index in [9.17, 15) is 4.79 Å². The van der Waals surface area contributed by atoms with Crippen molar-refractivity contribution in [2.45, 2.75) is 52.6 Å². The Hall–Kier alpha value is -1.36. The molecule has 1 saturated heterocycles. The molecule has 2 heterocycles. The molecule has 1 aliphatic rings. The molecule has 1 aliphatic heterocycles. The minimum absolute atomic E-state index is 0.137. The molecule has 1 aromatic rings. The van der Waals surface area contributed by atoms with E-state index in [1.165, 1.54) is 0 Å². The lowest BCUT2D eigenvalue weighted by molar-refractivity contribution is 0.0700. The molecular weight excluding hydrogens is 252 g/mol. The highest BCUT2D eigenvalue weighted by atomic mass is 16.2. The molecule has 2 rings (SSSR count). The highest BCUT2D eigenvalue weighted by Crippen LogP contribution is 2.26. The minimum atomic E-state index is 0.137. The summed E-state index contributed by atoms with van der Waals surface area (Å²) in [7, 11) is 0. The summed E-state index contributed by atoms with van der Waals surface area (Å²) < 4.78 is 1.89. The van der Waals surface area contributed by atoms with Crippen LogP contribution in [0.25, 0.3) is 0 Å². The van der Waals surface area contributed by atoms with E-state index < -0.39 is 0 Å². The minimum Gasteiger partial charge on any atom is -0.335 e. The number of amides is 1. The number of carbonyl (C=O) groups is 1. The smallest absolute Gasteiger partial charge is 0.257 e. The van der Waals surface area contributed by atoms with Crippen molar-refractivity contribution in [2.75, 3.05) is 13.1 Å². The van der Waals surface area contributed by atoms with Gasteiger partial charge in [0.15, 0.2) is 0 Å². The molecule has 5 heteroatoms. The Kier molecular flexibility index (Phi) is 4.81.